The summed E-state index contributed by atoms with van der Waals surface area (Å²) in [6.45, 7) is 0. The van der Waals surface area contributed by atoms with Crippen LogP contribution in [0.15, 0.2) is 96.6 Å². The molecule has 45 heavy (non-hydrogen) atoms. The Hall–Kier alpha value is -4.88. The van der Waals surface area contributed by atoms with Crippen molar-refractivity contribution in [3.8, 4) is 22.6 Å². The molecular formula is C32H19Br2F2NO8. The molecule has 4 aromatic carbocycles. The standard InChI is InChI=1S/C16H9BrFNO5.C16H10BrFO3/c1-23-16(20)14-10-6-11(17)12(19(21)22)7-13(10)24-15(14)8-2-4-9(18)5-3-8;1-20-16(19)14-12-8-10(17)4-7-13(12)21-15(14)9-2-5-11(18)6-3-9/h2-7H,1H3;2-8H,1H3. The van der Waals surface area contributed by atoms with Crippen molar-refractivity contribution >= 4 is 71.4 Å². The second kappa shape index (κ2) is 13.0. The van der Waals surface area contributed by atoms with Gasteiger partial charge in [0.1, 0.15) is 45.4 Å². The monoisotopic (exact) mass is 741 g/mol. The summed E-state index contributed by atoms with van der Waals surface area (Å²) in [6.07, 6.45) is 0. The highest BCUT2D eigenvalue weighted by Gasteiger charge is 2.26. The molecule has 0 fully saturated rings. The highest BCUT2D eigenvalue weighted by atomic mass is 79.9. The smallest absolute Gasteiger partial charge is 0.342 e. The minimum absolute atomic E-state index is 0.120. The number of carbonyl (C=O) groups is 2. The number of esters is 2. The Kier molecular flexibility index (Phi) is 9.11. The Bertz CT molecular complexity index is 2090. The molecule has 2 heterocycles. The van der Waals surface area contributed by atoms with Crippen molar-refractivity contribution in [3.05, 3.63) is 121 Å². The molecule has 6 aromatic rings. The summed E-state index contributed by atoms with van der Waals surface area (Å²) in [5.41, 5.74) is 2.05. The van der Waals surface area contributed by atoms with Gasteiger partial charge in [-0.15, -0.1) is 0 Å². The number of nitrogens with zero attached hydrogens (tertiary/aromatic N) is 1. The second-order valence-electron chi connectivity index (χ2n) is 9.31. The van der Waals surface area contributed by atoms with Crippen LogP contribution in [0.2, 0.25) is 0 Å². The van der Waals surface area contributed by atoms with Gasteiger partial charge in [0.25, 0.3) is 5.69 Å². The highest BCUT2D eigenvalue weighted by Crippen LogP contribution is 2.39. The van der Waals surface area contributed by atoms with E-state index in [2.05, 4.69) is 31.9 Å². The summed E-state index contributed by atoms with van der Waals surface area (Å²) < 4.78 is 48.2. The predicted octanol–water partition coefficient (Wildman–Crippen LogP) is 9.48. The Morgan fingerprint density at radius 3 is 1.64 bits per heavy atom. The number of fused-ring (bicyclic) bond motifs is 2. The molecule has 9 nitrogen and oxygen atoms in total. The van der Waals surface area contributed by atoms with E-state index in [0.717, 1.165) is 4.47 Å². The van der Waals surface area contributed by atoms with E-state index in [0.29, 0.717) is 38.8 Å². The normalized spacial score (nSPS) is 10.8. The van der Waals surface area contributed by atoms with Crippen molar-refractivity contribution in [1.82, 2.24) is 0 Å². The number of ether oxygens (including phenoxy) is 2. The molecule has 0 aliphatic heterocycles. The quantitative estimate of drug-likeness (QED) is 0.0973. The fourth-order valence-electron chi connectivity index (χ4n) is 4.53. The largest absolute Gasteiger partial charge is 0.465 e. The fraction of sp³-hybridized carbons (Fsp3) is 0.0625. The molecule has 0 bridgehead atoms. The molecule has 2 aromatic heterocycles. The summed E-state index contributed by atoms with van der Waals surface area (Å²) in [6, 6.07) is 19.1. The molecule has 0 amide bonds. The van der Waals surface area contributed by atoms with Gasteiger partial charge in [0, 0.05) is 26.4 Å². The van der Waals surface area contributed by atoms with Crippen molar-refractivity contribution in [3.63, 3.8) is 0 Å². The lowest BCUT2D eigenvalue weighted by atomic mass is 10.1. The molecule has 0 radical (unpaired) electrons. The van der Waals surface area contributed by atoms with E-state index < -0.39 is 22.7 Å². The second-order valence-corrected chi connectivity index (χ2v) is 11.1. The maximum absolute atomic E-state index is 13.1. The average molecular weight is 743 g/mol. The predicted molar refractivity (Wildman–Crippen MR) is 168 cm³/mol. The lowest BCUT2D eigenvalue weighted by Crippen LogP contribution is -2.02. The van der Waals surface area contributed by atoms with Crippen LogP contribution in [0.1, 0.15) is 20.7 Å². The van der Waals surface area contributed by atoms with Crippen LogP contribution >= 0.6 is 31.9 Å². The zero-order valence-corrected chi connectivity index (χ0v) is 26.4. The number of methoxy groups -OCH3 is 2. The summed E-state index contributed by atoms with van der Waals surface area (Å²) in [5.74, 6) is -1.41. The van der Waals surface area contributed by atoms with Crippen LogP contribution in [-0.4, -0.2) is 31.1 Å². The number of benzene rings is 4. The Balaban J connectivity index is 0.000000179. The first-order valence-electron chi connectivity index (χ1n) is 12.8. The molecule has 0 aliphatic rings. The molecule has 6 rings (SSSR count). The SMILES string of the molecule is COC(=O)c1c(-c2ccc(F)cc2)oc2cc([N+](=O)[O-])c(Br)cc12.COC(=O)c1c(-c2ccc(F)cc2)oc2ccc(Br)cc12. The highest BCUT2D eigenvalue weighted by molar-refractivity contribution is 9.10. The van der Waals surface area contributed by atoms with Gasteiger partial charge in [-0.1, -0.05) is 15.9 Å². The maximum atomic E-state index is 13.1. The van der Waals surface area contributed by atoms with E-state index in [1.165, 1.54) is 62.8 Å². The Labute approximate surface area is 269 Å². The summed E-state index contributed by atoms with van der Waals surface area (Å²) >= 11 is 6.48. The number of nitro benzene ring substituents is 1. The summed E-state index contributed by atoms with van der Waals surface area (Å²) in [5, 5.41) is 12.1. The first kappa shape index (κ1) is 31.5. The third-order valence-corrected chi connectivity index (χ3v) is 7.72. The molecule has 0 saturated heterocycles. The van der Waals surface area contributed by atoms with Crippen molar-refractivity contribution < 1.29 is 41.6 Å². The lowest BCUT2D eigenvalue weighted by Gasteiger charge is -2.02. The van der Waals surface area contributed by atoms with Crippen molar-refractivity contribution in [2.75, 3.05) is 14.2 Å². The van der Waals surface area contributed by atoms with Crippen LogP contribution in [0, 0.1) is 21.7 Å². The molecule has 0 N–H and O–H groups in total. The van der Waals surface area contributed by atoms with Crippen molar-refractivity contribution in [1.29, 1.82) is 0 Å². The molecule has 0 atom stereocenters. The van der Waals surface area contributed by atoms with E-state index in [-0.39, 0.29) is 32.9 Å². The molecule has 0 saturated carbocycles. The van der Waals surface area contributed by atoms with Crippen LogP contribution in [0.4, 0.5) is 14.5 Å². The third-order valence-electron chi connectivity index (χ3n) is 6.60. The van der Waals surface area contributed by atoms with Crippen molar-refractivity contribution in [2.45, 2.75) is 0 Å². The average Bonchev–Trinajstić information content (AvgIpc) is 3.59. The number of hydrogen-bond acceptors (Lipinski definition) is 8. The van der Waals surface area contributed by atoms with Gasteiger partial charge in [0.15, 0.2) is 0 Å². The van der Waals surface area contributed by atoms with Gasteiger partial charge in [-0.25, -0.2) is 18.4 Å². The number of nitro groups is 1. The first-order valence-corrected chi connectivity index (χ1v) is 14.4. The van der Waals surface area contributed by atoms with Gasteiger partial charge in [-0.3, -0.25) is 10.1 Å². The Morgan fingerprint density at radius 2 is 1.18 bits per heavy atom. The van der Waals surface area contributed by atoms with Crippen LogP contribution in [0.25, 0.3) is 44.6 Å². The van der Waals surface area contributed by atoms with Gasteiger partial charge in [-0.05, 0) is 88.7 Å². The maximum Gasteiger partial charge on any atom is 0.342 e. The van der Waals surface area contributed by atoms with Crippen LogP contribution in [-0.2, 0) is 9.47 Å². The summed E-state index contributed by atoms with van der Waals surface area (Å²) in [4.78, 5) is 34.8. The molecule has 0 aliphatic carbocycles. The van der Waals surface area contributed by atoms with Crippen LogP contribution in [0.5, 0.6) is 0 Å². The molecule has 0 spiro atoms. The minimum atomic E-state index is -0.658. The molecule has 0 unspecified atom stereocenters. The van der Waals surface area contributed by atoms with E-state index in [4.69, 9.17) is 18.3 Å². The molecule has 228 valence electrons. The van der Waals surface area contributed by atoms with Crippen LogP contribution in [0.3, 0.4) is 0 Å². The van der Waals surface area contributed by atoms with Crippen molar-refractivity contribution in [2.24, 2.45) is 0 Å². The zero-order valence-electron chi connectivity index (χ0n) is 23.2. The first-order chi connectivity index (χ1) is 21.5. The minimum Gasteiger partial charge on any atom is -0.465 e. The number of rotatable bonds is 5. The van der Waals surface area contributed by atoms with E-state index in [9.17, 15) is 28.5 Å². The molecule has 13 heteroatoms. The number of halogens is 4. The number of carbonyl (C=O) groups excluding carboxylic acids is 2. The van der Waals surface area contributed by atoms with E-state index in [1.54, 1.807) is 24.3 Å². The topological polar surface area (TPSA) is 122 Å². The lowest BCUT2D eigenvalue weighted by molar-refractivity contribution is -0.385. The molecular weight excluding hydrogens is 724 g/mol. The van der Waals surface area contributed by atoms with Gasteiger partial charge >= 0.3 is 11.9 Å². The van der Waals surface area contributed by atoms with E-state index >= 15 is 0 Å². The van der Waals surface area contributed by atoms with Gasteiger partial charge < -0.3 is 18.3 Å². The third kappa shape index (κ3) is 6.35. The van der Waals surface area contributed by atoms with Gasteiger partial charge in [0.2, 0.25) is 0 Å². The van der Waals surface area contributed by atoms with Gasteiger partial charge in [-0.2, -0.15) is 0 Å². The van der Waals surface area contributed by atoms with E-state index in [1.807, 2.05) is 6.07 Å². The van der Waals surface area contributed by atoms with Crippen LogP contribution < -0.4 is 0 Å². The zero-order chi connectivity index (χ0) is 32.4. The number of furan rings is 2. The Morgan fingerprint density at radius 1 is 0.711 bits per heavy atom. The fourth-order valence-corrected chi connectivity index (χ4v) is 5.38. The number of hydrogen-bond donors (Lipinski definition) is 0. The summed E-state index contributed by atoms with van der Waals surface area (Å²) in [7, 11) is 2.53. The van der Waals surface area contributed by atoms with Gasteiger partial charge in [0.05, 0.1) is 29.7 Å².